The predicted octanol–water partition coefficient (Wildman–Crippen LogP) is 4.42. The third kappa shape index (κ3) is 2.32. The molecule has 1 heterocycles. The van der Waals surface area contributed by atoms with E-state index in [1.165, 1.54) is 0 Å². The summed E-state index contributed by atoms with van der Waals surface area (Å²) in [6, 6.07) is 27.6. The molecule has 1 aromatic heterocycles. The topological polar surface area (TPSA) is 38.8 Å². The van der Waals surface area contributed by atoms with E-state index in [-0.39, 0.29) is 0 Å². The van der Waals surface area contributed by atoms with Gasteiger partial charge in [-0.3, -0.25) is 0 Å². The average Bonchev–Trinajstić information content (AvgIpc) is 2.62. The average molecular weight is 299 g/mol. The summed E-state index contributed by atoms with van der Waals surface area (Å²) in [6.07, 6.45) is 0. The van der Waals surface area contributed by atoms with Crippen molar-refractivity contribution in [3.63, 3.8) is 0 Å². The van der Waals surface area contributed by atoms with Gasteiger partial charge in [0, 0.05) is 10.9 Å². The lowest BCUT2D eigenvalue weighted by Gasteiger charge is -2.05. The Morgan fingerprint density at radius 3 is 1.78 bits per heavy atom. The Hall–Kier alpha value is -3.20. The van der Waals surface area contributed by atoms with Crippen LogP contribution in [0, 0.1) is 4.91 Å². The molecule has 0 aliphatic heterocycles. The summed E-state index contributed by atoms with van der Waals surface area (Å²) >= 11 is 0. The minimum atomic E-state index is 0.640. The smallest absolute Gasteiger partial charge is 0.113 e. The van der Waals surface area contributed by atoms with E-state index in [9.17, 15) is 4.91 Å². The summed E-state index contributed by atoms with van der Waals surface area (Å²) in [5.74, 6) is 0. The molecule has 0 saturated heterocycles. The number of rotatable bonds is 2. The molecular formula is C20H15N2O+. The molecule has 3 aromatic carbocycles. The van der Waals surface area contributed by atoms with Gasteiger partial charge in [0.1, 0.15) is 5.69 Å². The first kappa shape index (κ1) is 13.5. The second-order valence-corrected chi connectivity index (χ2v) is 5.41. The molecule has 0 fully saturated rings. The molecule has 3 nitrogen and oxygen atoms in total. The Bertz CT molecular complexity index is 1020. The molecule has 1 N–H and O–H groups in total. The van der Waals surface area contributed by atoms with E-state index in [1.807, 2.05) is 84.9 Å². The standard InChI is InChI=1S/C20H15N2O/c23-22-20(16-11-5-2-6-12-16)18-14-8-7-13-17(18)19(21-22)15-9-3-1-4-10-15/h1-14H,(H,21,23)/q+1. The third-order valence-corrected chi connectivity index (χ3v) is 3.98. The molecule has 23 heavy (non-hydrogen) atoms. The van der Waals surface area contributed by atoms with Gasteiger partial charge >= 0.3 is 5.69 Å². The highest BCUT2D eigenvalue weighted by Gasteiger charge is 2.20. The molecule has 3 heteroatoms. The first-order chi connectivity index (χ1) is 11.3. The fraction of sp³-hybridized carbons (Fsp3) is 0. The minimum absolute atomic E-state index is 0.640. The summed E-state index contributed by atoms with van der Waals surface area (Å²) in [5.41, 5.74) is 3.36. The van der Waals surface area contributed by atoms with E-state index in [2.05, 4.69) is 5.10 Å². The largest absolute Gasteiger partial charge is 0.307 e. The van der Waals surface area contributed by atoms with Crippen LogP contribution in [0.25, 0.3) is 33.3 Å². The van der Waals surface area contributed by atoms with Crippen LogP contribution in [0.15, 0.2) is 84.9 Å². The van der Waals surface area contributed by atoms with Gasteiger partial charge in [-0.2, -0.15) is 0 Å². The lowest BCUT2D eigenvalue weighted by atomic mass is 10.0. The lowest BCUT2D eigenvalue weighted by Crippen LogP contribution is -2.24. The van der Waals surface area contributed by atoms with E-state index in [0.29, 0.717) is 5.69 Å². The minimum Gasteiger partial charge on any atom is -0.113 e. The Balaban J connectivity index is 2.10. The van der Waals surface area contributed by atoms with Gasteiger partial charge in [-0.15, -0.1) is 5.10 Å². The van der Waals surface area contributed by atoms with Crippen molar-refractivity contribution >= 4 is 10.8 Å². The number of nitrogens with one attached hydrogen (secondary N) is 1. The second kappa shape index (κ2) is 5.54. The van der Waals surface area contributed by atoms with Gasteiger partial charge in [0.05, 0.1) is 15.9 Å². The third-order valence-electron chi connectivity index (χ3n) is 3.98. The van der Waals surface area contributed by atoms with E-state index >= 15 is 0 Å². The first-order valence-electron chi connectivity index (χ1n) is 7.53. The van der Waals surface area contributed by atoms with Crippen molar-refractivity contribution in [3.8, 4) is 22.5 Å². The van der Waals surface area contributed by atoms with E-state index in [1.54, 1.807) is 0 Å². The van der Waals surface area contributed by atoms with E-state index in [0.717, 1.165) is 32.1 Å². The lowest BCUT2D eigenvalue weighted by molar-refractivity contribution is -0.550. The zero-order valence-corrected chi connectivity index (χ0v) is 12.4. The maximum atomic E-state index is 12.7. The molecule has 4 rings (SSSR count). The van der Waals surface area contributed by atoms with Crippen LogP contribution in [0.5, 0.6) is 0 Å². The van der Waals surface area contributed by atoms with Crippen LogP contribution in [-0.4, -0.2) is 5.10 Å². The number of benzene rings is 3. The highest BCUT2D eigenvalue weighted by molar-refractivity contribution is 6.00. The Morgan fingerprint density at radius 1 is 0.609 bits per heavy atom. The normalized spacial score (nSPS) is 10.8. The summed E-state index contributed by atoms with van der Waals surface area (Å²) in [4.78, 5) is 12.7. The molecule has 0 saturated carbocycles. The van der Waals surface area contributed by atoms with E-state index in [4.69, 9.17) is 0 Å². The molecule has 4 aromatic rings. The van der Waals surface area contributed by atoms with Crippen molar-refractivity contribution < 1.29 is 4.54 Å². The SMILES string of the molecule is O=[n+]1[nH]c(-c2ccccc2)c2ccccc2c1-c1ccccc1. The molecule has 110 valence electrons. The fourth-order valence-corrected chi connectivity index (χ4v) is 2.93. The number of fused-ring (bicyclic) bond motifs is 1. The molecule has 0 bridgehead atoms. The van der Waals surface area contributed by atoms with Gasteiger partial charge in [-0.05, 0) is 18.2 Å². The maximum absolute atomic E-state index is 12.7. The number of nitrogens with zero attached hydrogens (tertiary/aromatic N) is 1. The summed E-state index contributed by atoms with van der Waals surface area (Å²) in [7, 11) is 0. The highest BCUT2D eigenvalue weighted by Crippen LogP contribution is 2.30. The van der Waals surface area contributed by atoms with Crippen molar-refractivity contribution in [2.24, 2.45) is 0 Å². The van der Waals surface area contributed by atoms with Crippen LogP contribution >= 0.6 is 0 Å². The second-order valence-electron chi connectivity index (χ2n) is 5.41. The number of hydrogen-bond acceptors (Lipinski definition) is 1. The molecule has 0 radical (unpaired) electrons. The molecule has 0 atom stereocenters. The maximum Gasteiger partial charge on any atom is 0.307 e. The van der Waals surface area contributed by atoms with Crippen molar-refractivity contribution in [2.45, 2.75) is 0 Å². The fourth-order valence-electron chi connectivity index (χ4n) is 2.93. The Labute approximate surface area is 133 Å². The monoisotopic (exact) mass is 299 g/mol. The van der Waals surface area contributed by atoms with Crippen LogP contribution in [0.2, 0.25) is 0 Å². The zero-order chi connectivity index (χ0) is 15.6. The molecule has 0 aliphatic rings. The van der Waals surface area contributed by atoms with Crippen molar-refractivity contribution in [2.75, 3.05) is 0 Å². The molecular weight excluding hydrogens is 284 g/mol. The van der Waals surface area contributed by atoms with Crippen LogP contribution in [0.1, 0.15) is 0 Å². The summed E-state index contributed by atoms with van der Waals surface area (Å²) in [5, 5.41) is 4.96. The van der Waals surface area contributed by atoms with E-state index < -0.39 is 0 Å². The number of hydrogen-bond donors (Lipinski definition) is 1. The van der Waals surface area contributed by atoms with Crippen molar-refractivity contribution in [1.82, 2.24) is 5.10 Å². The highest BCUT2D eigenvalue weighted by atomic mass is 16.3. The molecule has 0 aliphatic carbocycles. The van der Waals surface area contributed by atoms with Crippen molar-refractivity contribution in [1.29, 1.82) is 0 Å². The first-order valence-corrected chi connectivity index (χ1v) is 7.53. The van der Waals surface area contributed by atoms with Crippen LogP contribution in [0.4, 0.5) is 0 Å². The van der Waals surface area contributed by atoms with Gasteiger partial charge in [-0.1, -0.05) is 66.7 Å². The quantitative estimate of drug-likeness (QED) is 0.547. The van der Waals surface area contributed by atoms with Gasteiger partial charge < -0.3 is 0 Å². The van der Waals surface area contributed by atoms with Crippen LogP contribution < -0.4 is 4.54 Å². The number of aromatic nitrogens is 2. The number of H-pyrrole nitrogens is 1. The Kier molecular flexibility index (Phi) is 3.24. The van der Waals surface area contributed by atoms with Crippen LogP contribution in [-0.2, 0) is 0 Å². The van der Waals surface area contributed by atoms with Crippen LogP contribution in [0.3, 0.4) is 0 Å². The zero-order valence-electron chi connectivity index (χ0n) is 12.4. The molecule has 0 unspecified atom stereocenters. The van der Waals surface area contributed by atoms with Gasteiger partial charge in [0.2, 0.25) is 0 Å². The van der Waals surface area contributed by atoms with Gasteiger partial charge in [0.15, 0.2) is 4.54 Å². The number of aromatic amines is 1. The summed E-state index contributed by atoms with van der Waals surface area (Å²) in [6.45, 7) is 0. The molecule has 0 spiro atoms. The molecule has 0 amide bonds. The predicted molar refractivity (Wildman–Crippen MR) is 92.5 cm³/mol. The summed E-state index contributed by atoms with van der Waals surface area (Å²) < 4.78 is 0.861. The van der Waals surface area contributed by atoms with Crippen molar-refractivity contribution in [3.05, 3.63) is 89.8 Å². The van der Waals surface area contributed by atoms with Gasteiger partial charge in [-0.25, -0.2) is 0 Å². The van der Waals surface area contributed by atoms with Gasteiger partial charge in [0.25, 0.3) is 0 Å². The Morgan fingerprint density at radius 2 is 1.13 bits per heavy atom.